The van der Waals surface area contributed by atoms with Gasteiger partial charge in [-0.05, 0) is 41.9 Å². The van der Waals surface area contributed by atoms with Gasteiger partial charge in [0.25, 0.3) is 5.91 Å². The summed E-state index contributed by atoms with van der Waals surface area (Å²) < 4.78 is 6.07. The molecule has 0 fully saturated rings. The Morgan fingerprint density at radius 3 is 2.85 bits per heavy atom. The average molecular weight is 343 g/mol. The molecule has 1 heterocycles. The number of likely N-dealkylation sites (N-methyl/N-ethyl adjacent to an activating group) is 1. The first kappa shape index (κ1) is 15.3. The fraction of sp³-hybridized carbons (Fsp3) is 0.500. The summed E-state index contributed by atoms with van der Waals surface area (Å²) in [5.41, 5.74) is 2.26. The van der Waals surface area contributed by atoms with Crippen molar-refractivity contribution in [1.29, 1.82) is 0 Å². The van der Waals surface area contributed by atoms with E-state index in [2.05, 4.69) is 40.0 Å². The van der Waals surface area contributed by atoms with E-state index in [0.717, 1.165) is 16.7 Å². The molecule has 2 unspecified atom stereocenters. The molecule has 1 aromatic carbocycles. The Morgan fingerprint density at radius 2 is 2.25 bits per heavy atom. The monoisotopic (exact) mass is 342 g/mol. The number of benzene rings is 1. The first-order valence-electron chi connectivity index (χ1n) is 6.57. The summed E-state index contributed by atoms with van der Waals surface area (Å²) in [6, 6.07) is 3.90. The fourth-order valence-electron chi connectivity index (χ4n) is 2.52. The SMILES string of the molecule is CCN(c1cc2c(cc1Br)C(O)C(=O)N2)C(C)COC. The van der Waals surface area contributed by atoms with Gasteiger partial charge in [0.15, 0.2) is 6.10 Å². The lowest BCUT2D eigenvalue weighted by atomic mass is 10.1. The molecule has 2 rings (SSSR count). The largest absolute Gasteiger partial charge is 0.383 e. The molecule has 1 aliphatic heterocycles. The van der Waals surface area contributed by atoms with E-state index in [1.165, 1.54) is 0 Å². The number of nitrogens with zero attached hydrogens (tertiary/aromatic N) is 1. The van der Waals surface area contributed by atoms with Crippen molar-refractivity contribution in [3.63, 3.8) is 0 Å². The van der Waals surface area contributed by atoms with Crippen LogP contribution in [0.1, 0.15) is 25.5 Å². The Morgan fingerprint density at radius 1 is 1.55 bits per heavy atom. The second kappa shape index (κ2) is 6.11. The van der Waals surface area contributed by atoms with Crippen molar-refractivity contribution < 1.29 is 14.6 Å². The third-order valence-corrected chi connectivity index (χ3v) is 4.14. The van der Waals surface area contributed by atoms with Gasteiger partial charge in [-0.15, -0.1) is 0 Å². The highest BCUT2D eigenvalue weighted by Crippen LogP contribution is 2.39. The third-order valence-electron chi connectivity index (χ3n) is 3.51. The zero-order chi connectivity index (χ0) is 14.9. The highest BCUT2D eigenvalue weighted by atomic mass is 79.9. The lowest BCUT2D eigenvalue weighted by Crippen LogP contribution is -2.36. The predicted molar refractivity (Wildman–Crippen MR) is 82.1 cm³/mol. The van der Waals surface area contributed by atoms with E-state index in [-0.39, 0.29) is 11.9 Å². The lowest BCUT2D eigenvalue weighted by Gasteiger charge is -2.31. The van der Waals surface area contributed by atoms with Crippen LogP contribution in [0.5, 0.6) is 0 Å². The average Bonchev–Trinajstić information content (AvgIpc) is 2.67. The maximum atomic E-state index is 11.5. The Bertz CT molecular complexity index is 521. The van der Waals surface area contributed by atoms with E-state index in [0.29, 0.717) is 17.9 Å². The molecule has 20 heavy (non-hydrogen) atoms. The molecule has 2 N–H and O–H groups in total. The van der Waals surface area contributed by atoms with Crippen LogP contribution >= 0.6 is 15.9 Å². The number of methoxy groups -OCH3 is 1. The first-order chi connectivity index (χ1) is 9.49. The van der Waals surface area contributed by atoms with Crippen LogP contribution in [0.3, 0.4) is 0 Å². The summed E-state index contributed by atoms with van der Waals surface area (Å²) in [6.45, 7) is 5.59. The number of aliphatic hydroxyl groups is 1. The molecular weight excluding hydrogens is 324 g/mol. The molecule has 0 spiro atoms. The molecule has 1 aromatic rings. The smallest absolute Gasteiger partial charge is 0.257 e. The van der Waals surface area contributed by atoms with Crippen LogP contribution in [-0.4, -0.2) is 37.3 Å². The minimum atomic E-state index is -1.08. The fourth-order valence-corrected chi connectivity index (χ4v) is 3.11. The van der Waals surface area contributed by atoms with Gasteiger partial charge in [-0.3, -0.25) is 4.79 Å². The zero-order valence-corrected chi connectivity index (χ0v) is 13.4. The van der Waals surface area contributed by atoms with Crippen LogP contribution < -0.4 is 10.2 Å². The number of carbonyl (C=O) groups is 1. The van der Waals surface area contributed by atoms with Crippen LogP contribution in [-0.2, 0) is 9.53 Å². The number of halogens is 1. The summed E-state index contributed by atoms with van der Waals surface area (Å²) in [5.74, 6) is -0.378. The maximum Gasteiger partial charge on any atom is 0.257 e. The normalized spacial score (nSPS) is 18.6. The molecule has 0 bridgehead atoms. The van der Waals surface area contributed by atoms with Crippen LogP contribution in [0.15, 0.2) is 16.6 Å². The van der Waals surface area contributed by atoms with Gasteiger partial charge in [0.1, 0.15) is 0 Å². The first-order valence-corrected chi connectivity index (χ1v) is 7.36. The van der Waals surface area contributed by atoms with Crippen molar-refractivity contribution >= 4 is 33.2 Å². The Balaban J connectivity index is 2.38. The van der Waals surface area contributed by atoms with E-state index < -0.39 is 6.10 Å². The number of fused-ring (bicyclic) bond motifs is 1. The van der Waals surface area contributed by atoms with Crippen LogP contribution in [0.2, 0.25) is 0 Å². The number of anilines is 2. The molecule has 1 aliphatic rings. The van der Waals surface area contributed by atoms with Gasteiger partial charge in [-0.1, -0.05) is 0 Å². The number of rotatable bonds is 5. The zero-order valence-electron chi connectivity index (χ0n) is 11.8. The van der Waals surface area contributed by atoms with Crippen molar-refractivity contribution in [2.24, 2.45) is 0 Å². The summed E-state index contributed by atoms with van der Waals surface area (Å²) >= 11 is 3.53. The highest BCUT2D eigenvalue weighted by molar-refractivity contribution is 9.10. The minimum Gasteiger partial charge on any atom is -0.383 e. The molecule has 0 aromatic heterocycles. The van der Waals surface area contributed by atoms with Crippen molar-refractivity contribution in [2.45, 2.75) is 26.0 Å². The van der Waals surface area contributed by atoms with Crippen LogP contribution in [0.4, 0.5) is 11.4 Å². The molecule has 6 heteroatoms. The van der Waals surface area contributed by atoms with Gasteiger partial charge in [0.05, 0.1) is 12.3 Å². The van der Waals surface area contributed by atoms with Gasteiger partial charge in [0.2, 0.25) is 0 Å². The summed E-state index contributed by atoms with van der Waals surface area (Å²) in [6.07, 6.45) is -1.08. The second-order valence-electron chi connectivity index (χ2n) is 4.87. The van der Waals surface area contributed by atoms with Gasteiger partial charge in [-0.2, -0.15) is 0 Å². The summed E-state index contributed by atoms with van der Waals surface area (Å²) in [5, 5.41) is 12.5. The number of aliphatic hydroxyl groups excluding tert-OH is 1. The number of carbonyl (C=O) groups excluding carboxylic acids is 1. The van der Waals surface area contributed by atoms with E-state index in [1.54, 1.807) is 13.2 Å². The maximum absolute atomic E-state index is 11.5. The van der Waals surface area contributed by atoms with Crippen LogP contribution in [0, 0.1) is 0 Å². The second-order valence-corrected chi connectivity index (χ2v) is 5.73. The Hall–Kier alpha value is -1.11. The van der Waals surface area contributed by atoms with E-state index in [9.17, 15) is 9.90 Å². The van der Waals surface area contributed by atoms with Gasteiger partial charge >= 0.3 is 0 Å². The standard InChI is InChI=1S/C14H19BrN2O3/c1-4-17(8(2)7-20-3)12-6-11-9(5-10(12)15)13(18)14(19)16-11/h5-6,8,13,18H,4,7H2,1-3H3,(H,16,19). The number of hydrogen-bond donors (Lipinski definition) is 2. The van der Waals surface area contributed by atoms with Gasteiger partial charge in [0, 0.05) is 35.4 Å². The van der Waals surface area contributed by atoms with Crippen molar-refractivity contribution in [3.05, 3.63) is 22.2 Å². The molecule has 0 saturated heterocycles. The molecule has 0 aliphatic carbocycles. The number of ether oxygens (including phenoxy) is 1. The molecule has 0 radical (unpaired) electrons. The van der Waals surface area contributed by atoms with Crippen LogP contribution in [0.25, 0.3) is 0 Å². The van der Waals surface area contributed by atoms with Crippen molar-refractivity contribution in [1.82, 2.24) is 0 Å². The third kappa shape index (κ3) is 2.68. The van der Waals surface area contributed by atoms with Gasteiger partial charge in [-0.25, -0.2) is 0 Å². The molecule has 5 nitrogen and oxygen atoms in total. The lowest BCUT2D eigenvalue weighted by molar-refractivity contribution is -0.123. The van der Waals surface area contributed by atoms with E-state index in [4.69, 9.17) is 4.74 Å². The molecule has 110 valence electrons. The predicted octanol–water partition coefficient (Wildman–Crippen LogP) is 2.30. The number of amides is 1. The minimum absolute atomic E-state index is 0.210. The topological polar surface area (TPSA) is 61.8 Å². The molecule has 2 atom stereocenters. The molecule has 1 amide bonds. The van der Waals surface area contributed by atoms with E-state index >= 15 is 0 Å². The van der Waals surface area contributed by atoms with Crippen molar-refractivity contribution in [3.8, 4) is 0 Å². The Kier molecular flexibility index (Phi) is 4.67. The quantitative estimate of drug-likeness (QED) is 0.861. The van der Waals surface area contributed by atoms with Crippen molar-refractivity contribution in [2.75, 3.05) is 30.5 Å². The highest BCUT2D eigenvalue weighted by Gasteiger charge is 2.30. The van der Waals surface area contributed by atoms with Gasteiger partial charge < -0.3 is 20.1 Å². The van der Waals surface area contributed by atoms with E-state index in [1.807, 2.05) is 6.07 Å². The number of hydrogen-bond acceptors (Lipinski definition) is 4. The summed E-state index contributed by atoms with van der Waals surface area (Å²) in [7, 11) is 1.68. The number of nitrogens with one attached hydrogen (secondary N) is 1. The molecule has 0 saturated carbocycles. The Labute approximate surface area is 127 Å². The summed E-state index contributed by atoms with van der Waals surface area (Å²) in [4.78, 5) is 13.7. The molecular formula is C14H19BrN2O3.